The summed E-state index contributed by atoms with van der Waals surface area (Å²) in [5.41, 5.74) is 7.14. The maximum Gasteiger partial charge on any atom is 0.310 e. The zero-order chi connectivity index (χ0) is 14.4. The average Bonchev–Trinajstić information content (AvgIpc) is 2.84. The summed E-state index contributed by atoms with van der Waals surface area (Å²) in [4.78, 5) is 15.9. The second-order valence-electron chi connectivity index (χ2n) is 4.48. The van der Waals surface area contributed by atoms with Gasteiger partial charge in [-0.3, -0.25) is 4.79 Å². The molecule has 106 valence electrons. The van der Waals surface area contributed by atoms with Crippen LogP contribution < -0.4 is 5.73 Å². The number of nitrogens with two attached hydrogens (primary N) is 1. The first-order valence-corrected chi connectivity index (χ1v) is 6.55. The largest absolute Gasteiger partial charge is 0.457 e. The highest BCUT2D eigenvalue weighted by molar-refractivity contribution is 5.72. The lowest BCUT2D eigenvalue weighted by Crippen LogP contribution is -2.12. The number of esters is 1. The summed E-state index contributed by atoms with van der Waals surface area (Å²) in [6.45, 7) is 2.96. The molecule has 6 heteroatoms. The van der Waals surface area contributed by atoms with E-state index >= 15 is 0 Å². The molecule has 0 radical (unpaired) electrons. The van der Waals surface area contributed by atoms with Gasteiger partial charge in [-0.15, -0.1) is 0 Å². The normalized spacial score (nSPS) is 10.4. The number of aromatic nitrogens is 3. The van der Waals surface area contributed by atoms with Gasteiger partial charge in [0.1, 0.15) is 6.33 Å². The molecule has 0 aliphatic heterocycles. The number of nitrogens with zero attached hydrogens (tertiary/aromatic N) is 3. The Kier molecular flexibility index (Phi) is 4.70. The first-order chi connectivity index (χ1) is 9.69. The van der Waals surface area contributed by atoms with E-state index in [1.54, 1.807) is 16.8 Å². The van der Waals surface area contributed by atoms with Crippen LogP contribution in [0, 0.1) is 0 Å². The quantitative estimate of drug-likeness (QED) is 0.638. The van der Waals surface area contributed by atoms with E-state index in [0.717, 1.165) is 18.5 Å². The molecule has 1 aromatic carbocycles. The van der Waals surface area contributed by atoms with Crippen LogP contribution in [-0.2, 0) is 29.1 Å². The van der Waals surface area contributed by atoms with Gasteiger partial charge in [0, 0.05) is 12.2 Å². The average molecular weight is 274 g/mol. The number of benzene rings is 1. The van der Waals surface area contributed by atoms with E-state index in [0.29, 0.717) is 11.5 Å². The lowest BCUT2D eigenvalue weighted by Gasteiger charge is -2.06. The fourth-order valence-electron chi connectivity index (χ4n) is 1.86. The zero-order valence-corrected chi connectivity index (χ0v) is 11.5. The molecular weight excluding hydrogens is 256 g/mol. The van der Waals surface area contributed by atoms with Crippen molar-refractivity contribution in [2.24, 2.45) is 0 Å². The highest BCUT2D eigenvalue weighted by Gasteiger charge is 2.09. The minimum Gasteiger partial charge on any atom is -0.457 e. The van der Waals surface area contributed by atoms with E-state index in [1.807, 2.05) is 12.1 Å². The van der Waals surface area contributed by atoms with Crippen molar-refractivity contribution in [2.75, 3.05) is 5.73 Å². The van der Waals surface area contributed by atoms with Gasteiger partial charge in [0.2, 0.25) is 0 Å². The maximum absolute atomic E-state index is 11.8. The highest BCUT2D eigenvalue weighted by atomic mass is 16.5. The van der Waals surface area contributed by atoms with E-state index in [2.05, 4.69) is 17.0 Å². The summed E-state index contributed by atoms with van der Waals surface area (Å²) in [5.74, 6) is 0.356. The zero-order valence-electron chi connectivity index (χ0n) is 11.5. The van der Waals surface area contributed by atoms with Crippen LogP contribution in [0.1, 0.15) is 24.7 Å². The van der Waals surface area contributed by atoms with Gasteiger partial charge >= 0.3 is 5.97 Å². The molecule has 0 atom stereocenters. The molecule has 0 saturated heterocycles. The number of nitrogen functional groups attached to an aromatic ring is 1. The molecule has 0 fully saturated rings. The number of carbonyl (C=O) groups excluding carboxylic acids is 1. The molecule has 20 heavy (non-hydrogen) atoms. The number of rotatable bonds is 6. The predicted octanol–water partition coefficient (Wildman–Crippen LogP) is 1.56. The minimum absolute atomic E-state index is 0.140. The Labute approximate surface area is 117 Å². The molecule has 1 aromatic heterocycles. The minimum atomic E-state index is -0.304. The molecular formula is C14H18N4O2. The topological polar surface area (TPSA) is 83.0 Å². The van der Waals surface area contributed by atoms with E-state index in [9.17, 15) is 4.79 Å². The molecule has 1 heterocycles. The second-order valence-corrected chi connectivity index (χ2v) is 4.48. The van der Waals surface area contributed by atoms with Gasteiger partial charge in [-0.1, -0.05) is 19.1 Å². The molecule has 0 aliphatic carbocycles. The fraction of sp³-hybridized carbons (Fsp3) is 0.357. The van der Waals surface area contributed by atoms with Crippen LogP contribution in [0.15, 0.2) is 30.6 Å². The third kappa shape index (κ3) is 3.81. The van der Waals surface area contributed by atoms with Crippen molar-refractivity contribution >= 4 is 11.7 Å². The third-order valence-corrected chi connectivity index (χ3v) is 2.79. The van der Waals surface area contributed by atoms with Crippen molar-refractivity contribution in [3.8, 4) is 0 Å². The first kappa shape index (κ1) is 14.0. The van der Waals surface area contributed by atoms with Crippen LogP contribution in [0.3, 0.4) is 0 Å². The van der Waals surface area contributed by atoms with Gasteiger partial charge < -0.3 is 10.5 Å². The van der Waals surface area contributed by atoms with Crippen LogP contribution in [-0.4, -0.2) is 20.7 Å². The molecule has 0 unspecified atom stereocenters. The van der Waals surface area contributed by atoms with Crippen LogP contribution >= 0.6 is 0 Å². The number of carbonyl (C=O) groups is 1. The molecule has 0 bridgehead atoms. The number of ether oxygens (including phenoxy) is 1. The Morgan fingerprint density at radius 1 is 1.45 bits per heavy atom. The SMILES string of the molecule is CCCn1ncnc1COC(=O)Cc1cccc(N)c1. The molecule has 6 nitrogen and oxygen atoms in total. The summed E-state index contributed by atoms with van der Waals surface area (Å²) >= 11 is 0. The maximum atomic E-state index is 11.8. The second kappa shape index (κ2) is 6.70. The standard InChI is InChI=1S/C14H18N4O2/c1-2-6-18-13(16-10-17-18)9-20-14(19)8-11-4-3-5-12(15)7-11/h3-5,7,10H,2,6,8-9,15H2,1H3. The molecule has 2 rings (SSSR count). The molecule has 2 N–H and O–H groups in total. The van der Waals surface area contributed by atoms with Crippen LogP contribution in [0.4, 0.5) is 5.69 Å². The first-order valence-electron chi connectivity index (χ1n) is 6.55. The monoisotopic (exact) mass is 274 g/mol. The number of anilines is 1. The van der Waals surface area contributed by atoms with Crippen LogP contribution in [0.5, 0.6) is 0 Å². The van der Waals surface area contributed by atoms with Crippen LogP contribution in [0.25, 0.3) is 0 Å². The van der Waals surface area contributed by atoms with Crippen molar-refractivity contribution in [1.82, 2.24) is 14.8 Å². The Bertz CT molecular complexity index is 580. The lowest BCUT2D eigenvalue weighted by atomic mass is 10.1. The van der Waals surface area contributed by atoms with Gasteiger partial charge in [-0.25, -0.2) is 9.67 Å². The summed E-state index contributed by atoms with van der Waals surface area (Å²) in [5, 5.41) is 4.08. The molecule has 0 amide bonds. The van der Waals surface area contributed by atoms with Crippen molar-refractivity contribution in [3.05, 3.63) is 42.0 Å². The van der Waals surface area contributed by atoms with Gasteiger partial charge in [0.15, 0.2) is 12.4 Å². The van der Waals surface area contributed by atoms with Gasteiger partial charge in [-0.2, -0.15) is 5.10 Å². The van der Waals surface area contributed by atoms with Crippen molar-refractivity contribution < 1.29 is 9.53 Å². The lowest BCUT2D eigenvalue weighted by molar-refractivity contribution is -0.144. The van der Waals surface area contributed by atoms with Gasteiger partial charge in [-0.05, 0) is 24.1 Å². The Morgan fingerprint density at radius 2 is 2.30 bits per heavy atom. The number of aryl methyl sites for hydroxylation is 1. The fourth-order valence-corrected chi connectivity index (χ4v) is 1.86. The third-order valence-electron chi connectivity index (χ3n) is 2.79. The summed E-state index contributed by atoms with van der Waals surface area (Å²) in [7, 11) is 0. The van der Waals surface area contributed by atoms with Crippen molar-refractivity contribution in [2.45, 2.75) is 32.9 Å². The Balaban J connectivity index is 1.87. The van der Waals surface area contributed by atoms with Gasteiger partial charge in [0.25, 0.3) is 0 Å². The van der Waals surface area contributed by atoms with E-state index < -0.39 is 0 Å². The van der Waals surface area contributed by atoms with Crippen molar-refractivity contribution in [3.63, 3.8) is 0 Å². The van der Waals surface area contributed by atoms with E-state index in [1.165, 1.54) is 6.33 Å². The molecule has 0 aliphatic rings. The van der Waals surface area contributed by atoms with Crippen LogP contribution in [0.2, 0.25) is 0 Å². The molecule has 0 saturated carbocycles. The van der Waals surface area contributed by atoms with Crippen molar-refractivity contribution in [1.29, 1.82) is 0 Å². The number of hydrogen-bond acceptors (Lipinski definition) is 5. The summed E-state index contributed by atoms with van der Waals surface area (Å²) in [6, 6.07) is 7.20. The summed E-state index contributed by atoms with van der Waals surface area (Å²) in [6.07, 6.45) is 2.62. The predicted molar refractivity (Wildman–Crippen MR) is 74.7 cm³/mol. The van der Waals surface area contributed by atoms with E-state index in [-0.39, 0.29) is 19.0 Å². The Morgan fingerprint density at radius 3 is 3.05 bits per heavy atom. The van der Waals surface area contributed by atoms with Gasteiger partial charge in [0.05, 0.1) is 6.42 Å². The smallest absolute Gasteiger partial charge is 0.310 e. The Hall–Kier alpha value is -2.37. The molecule has 0 spiro atoms. The molecule has 2 aromatic rings. The number of hydrogen-bond donors (Lipinski definition) is 1. The summed E-state index contributed by atoms with van der Waals surface area (Å²) < 4.78 is 6.96. The highest BCUT2D eigenvalue weighted by Crippen LogP contribution is 2.08. The van der Waals surface area contributed by atoms with E-state index in [4.69, 9.17) is 10.5 Å².